The minimum absolute atomic E-state index is 0.0158. The van der Waals surface area contributed by atoms with Gasteiger partial charge >= 0.3 is 6.09 Å². The molecule has 4 amide bonds. The number of amides is 4. The van der Waals surface area contributed by atoms with E-state index in [1.165, 1.54) is 0 Å². The lowest BCUT2D eigenvalue weighted by molar-refractivity contribution is -0.136. The Morgan fingerprint density at radius 1 is 1.07 bits per heavy atom. The number of ether oxygens (including phenoxy) is 2. The van der Waals surface area contributed by atoms with Gasteiger partial charge in [-0.1, -0.05) is 12.1 Å². The smallest absolute Gasteiger partial charge is 0.407 e. The van der Waals surface area contributed by atoms with Gasteiger partial charge in [0.2, 0.25) is 11.8 Å². The first-order chi connectivity index (χ1) is 19.6. The van der Waals surface area contributed by atoms with Crippen molar-refractivity contribution in [3.63, 3.8) is 0 Å². The standard InChI is InChI=1S/C30H43N5O6/c1-30(2,3)41-29(39)32-20-9-7-19(8-10-20)31-24(18-34-13-15-40-16-14-34)21-5-4-6-22-23(21)17-35(28(22)38)25-11-12-26(36)33-27(25)37/h4-6,19-20,24-25,31H,7-18H2,1-3H3,(H,32,39)(H,33,36,37)/t19?,20?,24-,25+/m0/s1. The Kier molecular flexibility index (Phi) is 8.96. The second-order valence-corrected chi connectivity index (χ2v) is 12.6. The Morgan fingerprint density at radius 2 is 1.78 bits per heavy atom. The number of imide groups is 1. The third-order valence-electron chi connectivity index (χ3n) is 8.42. The molecule has 3 fully saturated rings. The number of rotatable bonds is 7. The van der Waals surface area contributed by atoms with Crippen molar-refractivity contribution in [2.45, 2.75) is 95.6 Å². The number of nitrogens with one attached hydrogen (secondary N) is 3. The van der Waals surface area contributed by atoms with E-state index >= 15 is 0 Å². The van der Waals surface area contributed by atoms with Crippen LogP contribution in [0.15, 0.2) is 18.2 Å². The van der Waals surface area contributed by atoms with Gasteiger partial charge < -0.3 is 25.0 Å². The molecule has 4 aliphatic rings. The minimum atomic E-state index is -0.640. The zero-order valence-corrected chi connectivity index (χ0v) is 24.4. The second kappa shape index (κ2) is 12.5. The van der Waals surface area contributed by atoms with E-state index in [2.05, 4.69) is 26.9 Å². The molecule has 1 saturated carbocycles. The van der Waals surface area contributed by atoms with Gasteiger partial charge in [-0.3, -0.25) is 24.6 Å². The molecule has 1 aromatic rings. The molecule has 5 rings (SSSR count). The number of hydrogen-bond donors (Lipinski definition) is 3. The summed E-state index contributed by atoms with van der Waals surface area (Å²) in [6.07, 6.45) is 3.74. The molecule has 0 unspecified atom stereocenters. The van der Waals surface area contributed by atoms with E-state index in [1.54, 1.807) is 4.90 Å². The van der Waals surface area contributed by atoms with Gasteiger partial charge in [0.1, 0.15) is 11.6 Å². The van der Waals surface area contributed by atoms with Gasteiger partial charge in [0.25, 0.3) is 5.91 Å². The van der Waals surface area contributed by atoms with Gasteiger partial charge in [-0.2, -0.15) is 0 Å². The van der Waals surface area contributed by atoms with E-state index in [0.29, 0.717) is 31.7 Å². The molecule has 11 nitrogen and oxygen atoms in total. The first kappa shape index (κ1) is 29.5. The predicted octanol–water partition coefficient (Wildman–Crippen LogP) is 2.25. The summed E-state index contributed by atoms with van der Waals surface area (Å²) in [5, 5.41) is 9.31. The van der Waals surface area contributed by atoms with Crippen molar-refractivity contribution in [1.29, 1.82) is 0 Å². The molecular weight excluding hydrogens is 526 g/mol. The van der Waals surface area contributed by atoms with Crippen LogP contribution in [0.5, 0.6) is 0 Å². The van der Waals surface area contributed by atoms with Gasteiger partial charge in [0.05, 0.1) is 13.2 Å². The zero-order valence-electron chi connectivity index (χ0n) is 24.4. The van der Waals surface area contributed by atoms with Gasteiger partial charge in [-0.05, 0) is 70.1 Å². The highest BCUT2D eigenvalue weighted by molar-refractivity contribution is 6.05. The molecule has 3 N–H and O–H groups in total. The van der Waals surface area contributed by atoms with E-state index in [1.807, 2.05) is 32.9 Å². The van der Waals surface area contributed by atoms with Gasteiger partial charge in [0.15, 0.2) is 0 Å². The number of morpholine rings is 1. The Bertz CT molecular complexity index is 1150. The number of hydrogen-bond acceptors (Lipinski definition) is 8. The fourth-order valence-electron chi connectivity index (χ4n) is 6.38. The van der Waals surface area contributed by atoms with Crippen molar-refractivity contribution < 1.29 is 28.7 Å². The summed E-state index contributed by atoms with van der Waals surface area (Å²) in [7, 11) is 0. The zero-order chi connectivity index (χ0) is 29.1. The largest absolute Gasteiger partial charge is 0.444 e. The molecule has 3 heterocycles. The van der Waals surface area contributed by atoms with Crippen LogP contribution in [0.1, 0.15) is 86.8 Å². The fraction of sp³-hybridized carbons (Fsp3) is 0.667. The molecule has 0 aromatic heterocycles. The van der Waals surface area contributed by atoms with Crippen molar-refractivity contribution in [3.05, 3.63) is 34.9 Å². The summed E-state index contributed by atoms with van der Waals surface area (Å²) in [4.78, 5) is 54.0. The molecule has 1 aromatic carbocycles. The van der Waals surface area contributed by atoms with E-state index in [4.69, 9.17) is 9.47 Å². The maximum atomic E-state index is 13.5. The summed E-state index contributed by atoms with van der Waals surface area (Å²) < 4.78 is 11.0. The number of carbonyl (C=O) groups is 4. The third kappa shape index (κ3) is 7.25. The predicted molar refractivity (Wildman–Crippen MR) is 151 cm³/mol. The highest BCUT2D eigenvalue weighted by Gasteiger charge is 2.41. The lowest BCUT2D eigenvalue weighted by Gasteiger charge is -2.36. The van der Waals surface area contributed by atoms with Crippen LogP contribution in [0.4, 0.5) is 4.79 Å². The highest BCUT2D eigenvalue weighted by Crippen LogP contribution is 2.34. The Labute approximate surface area is 241 Å². The number of alkyl carbamates (subject to hydrolysis) is 1. The highest BCUT2D eigenvalue weighted by atomic mass is 16.6. The maximum absolute atomic E-state index is 13.5. The molecule has 3 aliphatic heterocycles. The molecule has 0 bridgehead atoms. The number of fused-ring (bicyclic) bond motifs is 1. The Morgan fingerprint density at radius 3 is 2.46 bits per heavy atom. The Hall–Kier alpha value is -3.02. The van der Waals surface area contributed by atoms with Crippen LogP contribution >= 0.6 is 0 Å². The summed E-state index contributed by atoms with van der Waals surface area (Å²) in [6, 6.07) is 5.55. The number of nitrogens with zero attached hydrogens (tertiary/aromatic N) is 2. The molecule has 11 heteroatoms. The fourth-order valence-corrected chi connectivity index (χ4v) is 6.38. The van der Waals surface area contributed by atoms with E-state index in [0.717, 1.165) is 56.4 Å². The molecule has 1 aliphatic carbocycles. The van der Waals surface area contributed by atoms with Gasteiger partial charge in [-0.15, -0.1) is 0 Å². The normalized spacial score (nSPS) is 26.4. The SMILES string of the molecule is CC(C)(C)OC(=O)NC1CCC(N[C@@H](CN2CCOCC2)c2cccc3c2CN([C@@H]2CCC(=O)NC2=O)C3=O)CC1. The van der Waals surface area contributed by atoms with Gasteiger partial charge in [-0.25, -0.2) is 4.79 Å². The van der Waals surface area contributed by atoms with Crippen LogP contribution in [-0.4, -0.2) is 90.2 Å². The maximum Gasteiger partial charge on any atom is 0.407 e. The number of carbonyl (C=O) groups excluding carboxylic acids is 4. The summed E-state index contributed by atoms with van der Waals surface area (Å²) >= 11 is 0. The van der Waals surface area contributed by atoms with Crippen LogP contribution < -0.4 is 16.0 Å². The summed E-state index contributed by atoms with van der Waals surface area (Å²) in [5.41, 5.74) is 2.13. The van der Waals surface area contributed by atoms with Crippen molar-refractivity contribution >= 4 is 23.8 Å². The van der Waals surface area contributed by atoms with Crippen molar-refractivity contribution in [1.82, 2.24) is 25.8 Å². The van der Waals surface area contributed by atoms with E-state index in [9.17, 15) is 19.2 Å². The topological polar surface area (TPSA) is 129 Å². The average molecular weight is 570 g/mol. The number of benzene rings is 1. The molecule has 2 saturated heterocycles. The second-order valence-electron chi connectivity index (χ2n) is 12.6. The monoisotopic (exact) mass is 569 g/mol. The van der Waals surface area contributed by atoms with Crippen LogP contribution in [0.3, 0.4) is 0 Å². The molecule has 0 radical (unpaired) electrons. The number of piperidine rings is 1. The van der Waals surface area contributed by atoms with E-state index < -0.39 is 17.6 Å². The lowest BCUT2D eigenvalue weighted by atomic mass is 9.89. The quantitative estimate of drug-likeness (QED) is 0.427. The average Bonchev–Trinajstić information content (AvgIpc) is 3.25. The summed E-state index contributed by atoms with van der Waals surface area (Å²) in [6.45, 7) is 9.81. The first-order valence-electron chi connectivity index (χ1n) is 14.9. The molecule has 224 valence electrons. The van der Waals surface area contributed by atoms with E-state index in [-0.39, 0.29) is 42.5 Å². The molecule has 2 atom stereocenters. The molecule has 41 heavy (non-hydrogen) atoms. The Balaban J connectivity index is 1.29. The van der Waals surface area contributed by atoms with Gasteiger partial charge in [0, 0.05) is 56.3 Å². The van der Waals surface area contributed by atoms with Crippen LogP contribution in [0, 0.1) is 0 Å². The van der Waals surface area contributed by atoms with Crippen LogP contribution in [0.2, 0.25) is 0 Å². The van der Waals surface area contributed by atoms with Crippen molar-refractivity contribution in [2.75, 3.05) is 32.8 Å². The lowest BCUT2D eigenvalue weighted by Crippen LogP contribution is -2.52. The molecular formula is C30H43N5O6. The van der Waals surface area contributed by atoms with Crippen LogP contribution in [-0.2, 0) is 25.6 Å². The minimum Gasteiger partial charge on any atom is -0.444 e. The molecule has 0 spiro atoms. The summed E-state index contributed by atoms with van der Waals surface area (Å²) in [5.74, 6) is -0.846. The first-order valence-corrected chi connectivity index (χ1v) is 14.9. The third-order valence-corrected chi connectivity index (χ3v) is 8.42. The van der Waals surface area contributed by atoms with Crippen molar-refractivity contribution in [2.24, 2.45) is 0 Å². The van der Waals surface area contributed by atoms with Crippen LogP contribution in [0.25, 0.3) is 0 Å². The van der Waals surface area contributed by atoms with Crippen molar-refractivity contribution in [3.8, 4) is 0 Å².